The lowest BCUT2D eigenvalue weighted by molar-refractivity contribution is 1.13. The summed E-state index contributed by atoms with van der Waals surface area (Å²) in [7, 11) is 0. The second-order valence-corrected chi connectivity index (χ2v) is 3.37. The number of aromatic nitrogens is 3. The van der Waals surface area contributed by atoms with E-state index in [0.717, 1.165) is 16.4 Å². The van der Waals surface area contributed by atoms with Crippen molar-refractivity contribution in [1.29, 1.82) is 0 Å². The van der Waals surface area contributed by atoms with Gasteiger partial charge in [-0.15, -0.1) is 0 Å². The van der Waals surface area contributed by atoms with Crippen molar-refractivity contribution in [3.05, 3.63) is 24.3 Å². The van der Waals surface area contributed by atoms with Crippen LogP contribution in [0.15, 0.2) is 24.3 Å². The fraction of sp³-hybridized carbons (Fsp3) is 0. The van der Waals surface area contributed by atoms with E-state index in [1.807, 2.05) is 24.3 Å². The molecule has 5 nitrogen and oxygen atoms in total. The Morgan fingerprint density at radius 1 is 1.07 bits per heavy atom. The second kappa shape index (κ2) is 2.60. The highest BCUT2D eigenvalue weighted by Gasteiger charge is 2.10. The molecule has 0 radical (unpaired) electrons. The van der Waals surface area contributed by atoms with Crippen LogP contribution in [-0.2, 0) is 0 Å². The number of para-hydroxylation sites is 1. The normalized spacial score (nSPS) is 11.2. The number of H-pyrrole nitrogens is 1. The first-order chi connectivity index (χ1) is 7.27. The van der Waals surface area contributed by atoms with Crippen molar-refractivity contribution in [2.24, 2.45) is 0 Å². The predicted octanol–water partition coefficient (Wildman–Crippen LogP) is 1.28. The number of anilines is 2. The number of fused-ring (bicyclic) bond motifs is 3. The zero-order valence-corrected chi connectivity index (χ0v) is 7.86. The van der Waals surface area contributed by atoms with Crippen LogP contribution in [0.1, 0.15) is 0 Å². The van der Waals surface area contributed by atoms with E-state index >= 15 is 0 Å². The van der Waals surface area contributed by atoms with Crippen molar-refractivity contribution in [2.45, 2.75) is 0 Å². The van der Waals surface area contributed by atoms with E-state index in [1.54, 1.807) is 0 Å². The number of nitrogens with zero attached hydrogens (tertiary/aromatic N) is 2. The molecule has 0 saturated carbocycles. The van der Waals surface area contributed by atoms with Crippen molar-refractivity contribution in [3.8, 4) is 0 Å². The van der Waals surface area contributed by atoms with Crippen LogP contribution >= 0.6 is 0 Å². The van der Waals surface area contributed by atoms with Crippen LogP contribution < -0.4 is 11.5 Å². The van der Waals surface area contributed by atoms with Gasteiger partial charge in [-0.2, -0.15) is 5.10 Å². The maximum Gasteiger partial charge on any atom is 0.156 e. The van der Waals surface area contributed by atoms with Gasteiger partial charge in [0.25, 0.3) is 0 Å². The molecule has 74 valence electrons. The number of pyridine rings is 1. The van der Waals surface area contributed by atoms with Crippen LogP contribution in [0, 0.1) is 0 Å². The Morgan fingerprint density at radius 3 is 2.73 bits per heavy atom. The van der Waals surface area contributed by atoms with E-state index < -0.39 is 0 Å². The summed E-state index contributed by atoms with van der Waals surface area (Å²) in [5.41, 5.74) is 13.2. The SMILES string of the molecule is Nc1n[nH]c2c1c(N)nc1ccccc12. The summed E-state index contributed by atoms with van der Waals surface area (Å²) in [6.07, 6.45) is 0. The summed E-state index contributed by atoms with van der Waals surface area (Å²) in [6, 6.07) is 7.72. The quantitative estimate of drug-likeness (QED) is 0.508. The minimum atomic E-state index is 0.390. The van der Waals surface area contributed by atoms with Gasteiger partial charge in [0.05, 0.1) is 16.4 Å². The second-order valence-electron chi connectivity index (χ2n) is 3.37. The van der Waals surface area contributed by atoms with Crippen LogP contribution in [0.4, 0.5) is 11.6 Å². The van der Waals surface area contributed by atoms with Gasteiger partial charge < -0.3 is 11.5 Å². The minimum absolute atomic E-state index is 0.390. The molecule has 0 spiro atoms. The third kappa shape index (κ3) is 0.969. The Bertz CT molecular complexity index is 655. The first kappa shape index (κ1) is 8.05. The molecule has 2 aromatic heterocycles. The molecule has 0 saturated heterocycles. The largest absolute Gasteiger partial charge is 0.383 e. The highest BCUT2D eigenvalue weighted by molar-refractivity contribution is 6.11. The molecule has 0 aliphatic heterocycles. The third-order valence-electron chi connectivity index (χ3n) is 2.46. The molecule has 15 heavy (non-hydrogen) atoms. The Balaban J connectivity index is 2.65. The van der Waals surface area contributed by atoms with Gasteiger partial charge in [-0.05, 0) is 6.07 Å². The van der Waals surface area contributed by atoms with Crippen LogP contribution in [0.5, 0.6) is 0 Å². The molecule has 3 aromatic rings. The Morgan fingerprint density at radius 2 is 1.87 bits per heavy atom. The van der Waals surface area contributed by atoms with Gasteiger partial charge >= 0.3 is 0 Å². The van der Waals surface area contributed by atoms with E-state index in [2.05, 4.69) is 15.2 Å². The zero-order chi connectivity index (χ0) is 10.4. The van der Waals surface area contributed by atoms with Crippen LogP contribution in [0.25, 0.3) is 21.8 Å². The molecule has 3 rings (SSSR count). The standard InChI is InChI=1S/C10H9N5/c11-9-7-8(14-15-10(7)12)5-3-1-2-4-6(5)13-9/h1-4H,(H2,11,13)(H3,12,14,15). The average Bonchev–Trinajstić information content (AvgIpc) is 2.62. The lowest BCUT2D eigenvalue weighted by Gasteiger charge is -2.01. The fourth-order valence-electron chi connectivity index (χ4n) is 1.78. The average molecular weight is 199 g/mol. The van der Waals surface area contributed by atoms with Crippen molar-refractivity contribution in [2.75, 3.05) is 11.5 Å². The van der Waals surface area contributed by atoms with Gasteiger partial charge in [0.15, 0.2) is 5.82 Å². The minimum Gasteiger partial charge on any atom is -0.383 e. The van der Waals surface area contributed by atoms with Crippen molar-refractivity contribution in [1.82, 2.24) is 15.2 Å². The van der Waals surface area contributed by atoms with Crippen molar-refractivity contribution >= 4 is 33.4 Å². The molecule has 0 aliphatic rings. The van der Waals surface area contributed by atoms with Gasteiger partial charge in [0, 0.05) is 5.39 Å². The molecule has 0 amide bonds. The lowest BCUT2D eigenvalue weighted by atomic mass is 10.1. The predicted molar refractivity (Wildman–Crippen MR) is 60.2 cm³/mol. The van der Waals surface area contributed by atoms with Gasteiger partial charge in [-0.25, -0.2) is 4.98 Å². The molecule has 0 aliphatic carbocycles. The van der Waals surface area contributed by atoms with Gasteiger partial charge in [-0.1, -0.05) is 18.2 Å². The van der Waals surface area contributed by atoms with Crippen LogP contribution in [0.3, 0.4) is 0 Å². The molecule has 5 N–H and O–H groups in total. The van der Waals surface area contributed by atoms with E-state index in [4.69, 9.17) is 11.5 Å². The summed E-state index contributed by atoms with van der Waals surface area (Å²) >= 11 is 0. The van der Waals surface area contributed by atoms with Crippen LogP contribution in [0.2, 0.25) is 0 Å². The highest BCUT2D eigenvalue weighted by Crippen LogP contribution is 2.29. The summed E-state index contributed by atoms with van der Waals surface area (Å²) in [5.74, 6) is 0.802. The number of hydrogen-bond acceptors (Lipinski definition) is 4. The van der Waals surface area contributed by atoms with E-state index in [-0.39, 0.29) is 0 Å². The number of benzene rings is 1. The van der Waals surface area contributed by atoms with Crippen molar-refractivity contribution in [3.63, 3.8) is 0 Å². The van der Waals surface area contributed by atoms with E-state index in [1.165, 1.54) is 0 Å². The van der Waals surface area contributed by atoms with Crippen molar-refractivity contribution < 1.29 is 0 Å². The maximum atomic E-state index is 5.82. The monoisotopic (exact) mass is 199 g/mol. The summed E-state index contributed by atoms with van der Waals surface area (Å²) < 4.78 is 0. The number of rotatable bonds is 0. The number of nitrogen functional groups attached to an aromatic ring is 2. The highest BCUT2D eigenvalue weighted by atomic mass is 15.2. The molecule has 1 aromatic carbocycles. The summed E-state index contributed by atoms with van der Waals surface area (Å²) in [6.45, 7) is 0. The maximum absolute atomic E-state index is 5.82. The Kier molecular flexibility index (Phi) is 1.39. The molecule has 0 unspecified atom stereocenters. The lowest BCUT2D eigenvalue weighted by Crippen LogP contribution is -1.94. The number of hydrogen-bond donors (Lipinski definition) is 3. The van der Waals surface area contributed by atoms with Gasteiger partial charge in [0.1, 0.15) is 5.82 Å². The Hall–Kier alpha value is -2.30. The summed E-state index contributed by atoms with van der Waals surface area (Å²) in [5, 5.41) is 8.50. The molecule has 0 fully saturated rings. The van der Waals surface area contributed by atoms with Gasteiger partial charge in [-0.3, -0.25) is 5.10 Å². The Labute approximate surface area is 85.1 Å². The van der Waals surface area contributed by atoms with Crippen LogP contribution in [-0.4, -0.2) is 15.2 Å². The van der Waals surface area contributed by atoms with Gasteiger partial charge in [0.2, 0.25) is 0 Å². The third-order valence-corrected chi connectivity index (χ3v) is 2.46. The molecule has 2 heterocycles. The molecular weight excluding hydrogens is 190 g/mol. The first-order valence-corrected chi connectivity index (χ1v) is 4.55. The fourth-order valence-corrected chi connectivity index (χ4v) is 1.78. The number of nitrogens with one attached hydrogen (secondary N) is 1. The van der Waals surface area contributed by atoms with E-state index in [0.29, 0.717) is 17.0 Å². The topological polar surface area (TPSA) is 93.6 Å². The number of nitrogens with two attached hydrogens (primary N) is 2. The molecular formula is C10H9N5. The molecule has 0 atom stereocenters. The zero-order valence-electron chi connectivity index (χ0n) is 7.86. The summed E-state index contributed by atoms with van der Waals surface area (Å²) in [4.78, 5) is 4.27. The molecule has 0 bridgehead atoms. The smallest absolute Gasteiger partial charge is 0.156 e. The number of aromatic amines is 1. The molecule has 5 heteroatoms. The van der Waals surface area contributed by atoms with E-state index in [9.17, 15) is 0 Å². The first-order valence-electron chi connectivity index (χ1n) is 4.55.